The van der Waals surface area contributed by atoms with Crippen molar-refractivity contribution >= 4 is 33.8 Å². The highest BCUT2D eigenvalue weighted by molar-refractivity contribution is 6.07. The summed E-state index contributed by atoms with van der Waals surface area (Å²) >= 11 is 0. The molecule has 0 atom stereocenters. The first kappa shape index (κ1) is 16.8. The number of esters is 1. The Labute approximate surface area is 154 Å². The maximum atomic E-state index is 12.0. The average Bonchev–Trinajstić information content (AvgIpc) is 3.09. The molecule has 0 saturated carbocycles. The van der Waals surface area contributed by atoms with E-state index in [-0.39, 0.29) is 6.61 Å². The smallest absolute Gasteiger partial charge is 0.336 e. The van der Waals surface area contributed by atoms with Gasteiger partial charge in [0.25, 0.3) is 0 Å². The van der Waals surface area contributed by atoms with Gasteiger partial charge in [0.2, 0.25) is 0 Å². The van der Waals surface area contributed by atoms with Crippen LogP contribution in [0.2, 0.25) is 0 Å². The van der Waals surface area contributed by atoms with Gasteiger partial charge < -0.3 is 13.6 Å². The summed E-state index contributed by atoms with van der Waals surface area (Å²) in [7, 11) is 0. The van der Waals surface area contributed by atoms with Crippen LogP contribution in [-0.2, 0) is 16.1 Å². The molecule has 0 amide bonds. The van der Waals surface area contributed by atoms with E-state index in [1.807, 2.05) is 43.3 Å². The van der Waals surface area contributed by atoms with Gasteiger partial charge in [0.05, 0.1) is 0 Å². The molecule has 0 unspecified atom stereocenters. The number of benzene rings is 2. The normalized spacial score (nSPS) is 11.4. The lowest BCUT2D eigenvalue weighted by molar-refractivity contribution is -0.138. The van der Waals surface area contributed by atoms with Crippen molar-refractivity contribution < 1.29 is 18.4 Å². The van der Waals surface area contributed by atoms with Crippen molar-refractivity contribution in [2.75, 3.05) is 0 Å². The minimum absolute atomic E-state index is 0.0313. The van der Waals surface area contributed by atoms with E-state index in [2.05, 4.69) is 0 Å². The second kappa shape index (κ2) is 6.96. The topological polar surface area (TPSA) is 69.7 Å². The highest BCUT2D eigenvalue weighted by atomic mass is 16.5. The number of carbonyl (C=O) groups is 1. The molecule has 2 heterocycles. The molecule has 0 fully saturated rings. The number of fused-ring (bicyclic) bond motifs is 3. The molecule has 0 aliphatic rings. The zero-order valence-electron chi connectivity index (χ0n) is 14.6. The Balaban J connectivity index is 1.63. The molecule has 0 radical (unpaired) electrons. The molecule has 2 aromatic heterocycles. The third-order valence-electron chi connectivity index (χ3n) is 4.23. The molecule has 4 rings (SSSR count). The Morgan fingerprint density at radius 2 is 1.93 bits per heavy atom. The van der Waals surface area contributed by atoms with Gasteiger partial charge in [-0.05, 0) is 42.0 Å². The van der Waals surface area contributed by atoms with Crippen LogP contribution in [0.15, 0.2) is 74.3 Å². The number of hydrogen-bond acceptors (Lipinski definition) is 5. The number of hydrogen-bond donors (Lipinski definition) is 0. The van der Waals surface area contributed by atoms with Crippen LogP contribution in [0.5, 0.6) is 0 Å². The maximum Gasteiger partial charge on any atom is 0.336 e. The van der Waals surface area contributed by atoms with Crippen molar-refractivity contribution in [3.63, 3.8) is 0 Å². The van der Waals surface area contributed by atoms with Crippen LogP contribution in [0.1, 0.15) is 17.1 Å². The molecular weight excluding hydrogens is 344 g/mol. The van der Waals surface area contributed by atoms with Crippen molar-refractivity contribution in [3.05, 3.63) is 88.2 Å². The Hall–Kier alpha value is -3.60. The number of carbonyl (C=O) groups excluding carboxylic acids is 1. The van der Waals surface area contributed by atoms with Gasteiger partial charge >= 0.3 is 11.6 Å². The van der Waals surface area contributed by atoms with Gasteiger partial charge in [0.15, 0.2) is 0 Å². The quantitative estimate of drug-likeness (QED) is 0.230. The van der Waals surface area contributed by atoms with Crippen molar-refractivity contribution in [1.82, 2.24) is 0 Å². The number of rotatable bonds is 4. The minimum Gasteiger partial charge on any atom is -0.462 e. The highest BCUT2D eigenvalue weighted by Gasteiger charge is 2.11. The maximum absolute atomic E-state index is 12.0. The summed E-state index contributed by atoms with van der Waals surface area (Å²) in [6.07, 6.45) is 2.84. The lowest BCUT2D eigenvalue weighted by Gasteiger charge is -2.08. The molecule has 5 nitrogen and oxygen atoms in total. The van der Waals surface area contributed by atoms with E-state index < -0.39 is 11.6 Å². The van der Waals surface area contributed by atoms with Gasteiger partial charge in [0, 0.05) is 23.1 Å². The molecule has 2 aromatic carbocycles. The second-order valence-corrected chi connectivity index (χ2v) is 6.14. The van der Waals surface area contributed by atoms with Crippen molar-refractivity contribution in [1.29, 1.82) is 0 Å². The van der Waals surface area contributed by atoms with E-state index in [1.165, 1.54) is 12.1 Å². The summed E-state index contributed by atoms with van der Waals surface area (Å²) in [5.74, 6) is 0.810. The molecular formula is C22H16O5. The molecule has 0 saturated heterocycles. The molecule has 4 aromatic rings. The van der Waals surface area contributed by atoms with Crippen LogP contribution in [0.4, 0.5) is 0 Å². The van der Waals surface area contributed by atoms with Crippen molar-refractivity contribution in [3.8, 4) is 0 Å². The predicted octanol–water partition coefficient (Wildman–Crippen LogP) is 4.60. The van der Waals surface area contributed by atoms with Gasteiger partial charge in [-0.2, -0.15) is 0 Å². The molecule has 0 aliphatic heterocycles. The zero-order chi connectivity index (χ0) is 18.8. The standard InChI is InChI=1S/C22H16O5/c1-14-6-8-17(26-14)9-11-20(23)25-13-16-12-21(24)27-19-10-7-15-4-2-3-5-18(15)22(16)19/h2-12H,13H2,1H3/b11-9+. The van der Waals surface area contributed by atoms with E-state index in [0.29, 0.717) is 16.9 Å². The summed E-state index contributed by atoms with van der Waals surface area (Å²) < 4.78 is 16.0. The van der Waals surface area contributed by atoms with E-state index in [9.17, 15) is 9.59 Å². The molecule has 0 aliphatic carbocycles. The fourth-order valence-electron chi connectivity index (χ4n) is 3.02. The third-order valence-corrected chi connectivity index (χ3v) is 4.23. The molecule has 134 valence electrons. The first-order valence-electron chi connectivity index (χ1n) is 8.46. The summed E-state index contributed by atoms with van der Waals surface area (Å²) in [5.41, 5.74) is 0.591. The monoisotopic (exact) mass is 360 g/mol. The SMILES string of the molecule is Cc1ccc(/C=C/C(=O)OCc2cc(=O)oc3ccc4ccccc4c23)o1. The Bertz CT molecular complexity index is 1230. The van der Waals surface area contributed by atoms with Gasteiger partial charge in [-0.1, -0.05) is 30.3 Å². The lowest BCUT2D eigenvalue weighted by atomic mass is 10.0. The Morgan fingerprint density at radius 1 is 1.07 bits per heavy atom. The average molecular weight is 360 g/mol. The van der Waals surface area contributed by atoms with Crippen LogP contribution < -0.4 is 5.63 Å². The summed E-state index contributed by atoms with van der Waals surface area (Å²) in [6, 6.07) is 16.4. The van der Waals surface area contributed by atoms with Gasteiger partial charge in [-0.15, -0.1) is 0 Å². The zero-order valence-corrected chi connectivity index (χ0v) is 14.6. The van der Waals surface area contributed by atoms with Crippen LogP contribution in [0, 0.1) is 6.92 Å². The molecule has 0 bridgehead atoms. The fraction of sp³-hybridized carbons (Fsp3) is 0.0909. The van der Waals surface area contributed by atoms with Crippen LogP contribution in [0.3, 0.4) is 0 Å². The molecule has 0 N–H and O–H groups in total. The lowest BCUT2D eigenvalue weighted by Crippen LogP contribution is -2.06. The van der Waals surface area contributed by atoms with E-state index in [0.717, 1.165) is 21.9 Å². The Morgan fingerprint density at radius 3 is 2.74 bits per heavy atom. The molecule has 27 heavy (non-hydrogen) atoms. The number of aryl methyl sites for hydroxylation is 1. The first-order chi connectivity index (χ1) is 13.1. The van der Waals surface area contributed by atoms with Gasteiger partial charge in [-0.25, -0.2) is 9.59 Å². The third kappa shape index (κ3) is 3.53. The fourth-order valence-corrected chi connectivity index (χ4v) is 3.02. The Kier molecular flexibility index (Phi) is 4.34. The second-order valence-electron chi connectivity index (χ2n) is 6.14. The van der Waals surface area contributed by atoms with Gasteiger partial charge in [0.1, 0.15) is 23.7 Å². The number of furan rings is 1. The molecule has 0 spiro atoms. The summed E-state index contributed by atoms with van der Waals surface area (Å²) in [4.78, 5) is 23.9. The van der Waals surface area contributed by atoms with Crippen LogP contribution >= 0.6 is 0 Å². The van der Waals surface area contributed by atoms with Crippen LogP contribution in [-0.4, -0.2) is 5.97 Å². The minimum atomic E-state index is -0.523. The number of ether oxygens (including phenoxy) is 1. The van der Waals surface area contributed by atoms with E-state index >= 15 is 0 Å². The van der Waals surface area contributed by atoms with Crippen molar-refractivity contribution in [2.45, 2.75) is 13.5 Å². The van der Waals surface area contributed by atoms with Crippen molar-refractivity contribution in [2.24, 2.45) is 0 Å². The summed E-state index contributed by atoms with van der Waals surface area (Å²) in [5, 5.41) is 2.72. The van der Waals surface area contributed by atoms with E-state index in [4.69, 9.17) is 13.6 Å². The van der Waals surface area contributed by atoms with Crippen LogP contribution in [0.25, 0.3) is 27.8 Å². The summed E-state index contributed by atoms with van der Waals surface area (Å²) in [6.45, 7) is 1.79. The molecule has 5 heteroatoms. The van der Waals surface area contributed by atoms with Gasteiger partial charge in [-0.3, -0.25) is 0 Å². The largest absolute Gasteiger partial charge is 0.462 e. The predicted molar refractivity (Wildman–Crippen MR) is 102 cm³/mol. The highest BCUT2D eigenvalue weighted by Crippen LogP contribution is 2.27. The first-order valence-corrected chi connectivity index (χ1v) is 8.46. The van der Waals surface area contributed by atoms with E-state index in [1.54, 1.807) is 18.2 Å².